The van der Waals surface area contributed by atoms with Gasteiger partial charge in [0.2, 0.25) is 0 Å². The van der Waals surface area contributed by atoms with Gasteiger partial charge >= 0.3 is 0 Å². The summed E-state index contributed by atoms with van der Waals surface area (Å²) >= 11 is 0. The molecule has 0 bridgehead atoms. The van der Waals surface area contributed by atoms with Gasteiger partial charge in [0.05, 0.1) is 11.9 Å². The second-order valence-corrected chi connectivity index (χ2v) is 5.55. The van der Waals surface area contributed by atoms with Crippen LogP contribution in [0.4, 0.5) is 0 Å². The summed E-state index contributed by atoms with van der Waals surface area (Å²) in [5, 5.41) is 15.0. The van der Waals surface area contributed by atoms with Crippen LogP contribution in [0.3, 0.4) is 0 Å². The molecular weight excluding hydrogens is 332 g/mol. The Morgan fingerprint density at radius 3 is 2.31 bits per heavy atom. The van der Waals surface area contributed by atoms with E-state index in [1.165, 1.54) is 12.1 Å². The molecule has 0 atom stereocenters. The summed E-state index contributed by atoms with van der Waals surface area (Å²) in [6.07, 6.45) is 5.19. The number of para-hydroxylation sites is 1. The van der Waals surface area contributed by atoms with Crippen LogP contribution in [0.5, 0.6) is 5.75 Å². The predicted molar refractivity (Wildman–Crippen MR) is 96.3 cm³/mol. The number of aromatic nitrogens is 2. The van der Waals surface area contributed by atoms with E-state index in [1.807, 2.05) is 22.9 Å². The molecule has 0 radical (unpaired) electrons. The lowest BCUT2D eigenvalue weighted by molar-refractivity contribution is 0.0926. The molecule has 0 aliphatic heterocycles. The lowest BCUT2D eigenvalue weighted by atomic mass is 10.2. The van der Waals surface area contributed by atoms with E-state index < -0.39 is 0 Å². The second-order valence-electron chi connectivity index (χ2n) is 5.55. The highest BCUT2D eigenvalue weighted by atomic mass is 16.3. The van der Waals surface area contributed by atoms with Gasteiger partial charge in [0.25, 0.3) is 11.8 Å². The highest BCUT2D eigenvalue weighted by Gasteiger charge is 2.10. The molecule has 132 valence electrons. The van der Waals surface area contributed by atoms with Gasteiger partial charge in [-0.3, -0.25) is 9.59 Å². The lowest BCUT2D eigenvalue weighted by Gasteiger charge is -2.09. The Hall–Kier alpha value is -3.61. The van der Waals surface area contributed by atoms with Crippen LogP contribution in [0.15, 0.2) is 67.3 Å². The van der Waals surface area contributed by atoms with Gasteiger partial charge in [-0.2, -0.15) is 0 Å². The number of benzene rings is 2. The number of phenolic OH excluding ortho intramolecular Hbond substituents is 1. The molecule has 0 saturated carbocycles. The molecule has 0 spiro atoms. The van der Waals surface area contributed by atoms with Crippen LogP contribution < -0.4 is 10.6 Å². The first-order valence-electron chi connectivity index (χ1n) is 8.08. The predicted octanol–water partition coefficient (Wildman–Crippen LogP) is 1.74. The summed E-state index contributed by atoms with van der Waals surface area (Å²) < 4.78 is 1.84. The van der Waals surface area contributed by atoms with Crippen LogP contribution >= 0.6 is 0 Å². The Morgan fingerprint density at radius 1 is 0.962 bits per heavy atom. The Balaban J connectivity index is 1.47. The molecule has 0 aliphatic rings. The van der Waals surface area contributed by atoms with Crippen molar-refractivity contribution in [1.82, 2.24) is 20.2 Å². The summed E-state index contributed by atoms with van der Waals surface area (Å²) in [7, 11) is 0. The number of nitrogens with one attached hydrogen (secondary N) is 2. The number of hydrogen-bond acceptors (Lipinski definition) is 4. The van der Waals surface area contributed by atoms with Crippen molar-refractivity contribution in [2.24, 2.45) is 0 Å². The normalized spacial score (nSPS) is 10.3. The topological polar surface area (TPSA) is 96.3 Å². The quantitative estimate of drug-likeness (QED) is 0.590. The molecule has 0 unspecified atom stereocenters. The van der Waals surface area contributed by atoms with Crippen molar-refractivity contribution < 1.29 is 14.7 Å². The molecule has 2 aromatic carbocycles. The zero-order valence-electron chi connectivity index (χ0n) is 13.9. The van der Waals surface area contributed by atoms with Gasteiger partial charge in [-0.25, -0.2) is 4.98 Å². The fourth-order valence-electron chi connectivity index (χ4n) is 2.41. The van der Waals surface area contributed by atoms with Crippen LogP contribution in [-0.2, 0) is 0 Å². The monoisotopic (exact) mass is 350 g/mol. The first-order chi connectivity index (χ1) is 12.6. The first-order valence-corrected chi connectivity index (χ1v) is 8.08. The van der Waals surface area contributed by atoms with E-state index in [1.54, 1.807) is 36.8 Å². The number of imidazole rings is 1. The van der Waals surface area contributed by atoms with E-state index >= 15 is 0 Å². The van der Waals surface area contributed by atoms with Crippen LogP contribution in [0.1, 0.15) is 20.7 Å². The minimum absolute atomic E-state index is 0.0768. The van der Waals surface area contributed by atoms with E-state index in [2.05, 4.69) is 15.6 Å². The molecule has 0 fully saturated rings. The molecule has 3 N–H and O–H groups in total. The Labute approximate surface area is 150 Å². The number of carbonyl (C=O) groups excluding carboxylic acids is 2. The standard InChI is InChI=1S/C19H18N4O3/c24-17-4-2-1-3-16(17)19(26)22-10-9-21-18(25)14-5-7-15(8-6-14)23-12-11-20-13-23/h1-8,11-13,24H,9-10H2,(H,21,25)(H,22,26). The number of carbonyl (C=O) groups is 2. The van der Waals surface area contributed by atoms with Gasteiger partial charge in [0.15, 0.2) is 0 Å². The zero-order valence-corrected chi connectivity index (χ0v) is 13.9. The summed E-state index contributed by atoms with van der Waals surface area (Å²) in [5.74, 6) is -0.687. The minimum atomic E-state index is -0.387. The van der Waals surface area contributed by atoms with E-state index in [4.69, 9.17) is 0 Å². The number of phenols is 1. The summed E-state index contributed by atoms with van der Waals surface area (Å²) in [4.78, 5) is 28.0. The van der Waals surface area contributed by atoms with Gasteiger partial charge in [-0.15, -0.1) is 0 Å². The van der Waals surface area contributed by atoms with Gasteiger partial charge in [-0.05, 0) is 36.4 Å². The Kier molecular flexibility index (Phi) is 5.28. The number of hydrogen-bond donors (Lipinski definition) is 3. The van der Waals surface area contributed by atoms with Crippen LogP contribution in [0, 0.1) is 0 Å². The van der Waals surface area contributed by atoms with Gasteiger partial charge in [0, 0.05) is 36.7 Å². The fourth-order valence-corrected chi connectivity index (χ4v) is 2.41. The van der Waals surface area contributed by atoms with Crippen molar-refractivity contribution in [3.63, 3.8) is 0 Å². The van der Waals surface area contributed by atoms with Gasteiger partial charge in [0.1, 0.15) is 5.75 Å². The van der Waals surface area contributed by atoms with E-state index in [-0.39, 0.29) is 36.2 Å². The third-order valence-electron chi connectivity index (χ3n) is 3.78. The average molecular weight is 350 g/mol. The Morgan fingerprint density at radius 2 is 1.65 bits per heavy atom. The number of rotatable bonds is 6. The van der Waals surface area contributed by atoms with E-state index in [0.717, 1.165) is 5.69 Å². The average Bonchev–Trinajstić information content (AvgIpc) is 3.20. The smallest absolute Gasteiger partial charge is 0.255 e. The van der Waals surface area contributed by atoms with Gasteiger partial charge in [-0.1, -0.05) is 12.1 Å². The number of aromatic hydroxyl groups is 1. The summed E-state index contributed by atoms with van der Waals surface area (Å²) in [6, 6.07) is 13.4. The maximum Gasteiger partial charge on any atom is 0.255 e. The third-order valence-corrected chi connectivity index (χ3v) is 3.78. The molecule has 3 aromatic rings. The van der Waals surface area contributed by atoms with Crippen molar-refractivity contribution in [2.45, 2.75) is 0 Å². The molecule has 1 aromatic heterocycles. The maximum atomic E-state index is 12.1. The van der Waals surface area contributed by atoms with Gasteiger partial charge < -0.3 is 20.3 Å². The van der Waals surface area contributed by atoms with Crippen molar-refractivity contribution in [3.05, 3.63) is 78.4 Å². The van der Waals surface area contributed by atoms with Crippen molar-refractivity contribution >= 4 is 11.8 Å². The highest BCUT2D eigenvalue weighted by Crippen LogP contribution is 2.14. The molecule has 1 heterocycles. The number of nitrogens with zero attached hydrogens (tertiary/aromatic N) is 2. The van der Waals surface area contributed by atoms with Crippen molar-refractivity contribution in [1.29, 1.82) is 0 Å². The van der Waals surface area contributed by atoms with E-state index in [9.17, 15) is 14.7 Å². The second kappa shape index (κ2) is 7.98. The molecule has 2 amide bonds. The highest BCUT2D eigenvalue weighted by molar-refractivity contribution is 5.97. The largest absolute Gasteiger partial charge is 0.507 e. The zero-order chi connectivity index (χ0) is 18.4. The number of amides is 2. The first kappa shape index (κ1) is 17.2. The Bertz CT molecular complexity index is 889. The maximum absolute atomic E-state index is 12.1. The molecule has 7 heteroatoms. The molecule has 0 saturated heterocycles. The van der Waals surface area contributed by atoms with Crippen LogP contribution in [0.2, 0.25) is 0 Å². The molecule has 7 nitrogen and oxygen atoms in total. The minimum Gasteiger partial charge on any atom is -0.507 e. The van der Waals surface area contributed by atoms with Crippen molar-refractivity contribution in [2.75, 3.05) is 13.1 Å². The molecule has 0 aliphatic carbocycles. The SMILES string of the molecule is O=C(NCCNC(=O)c1ccccc1O)c1ccc(-n2ccnc2)cc1. The molecule has 3 rings (SSSR count). The molecule has 26 heavy (non-hydrogen) atoms. The summed E-state index contributed by atoms with van der Waals surface area (Å²) in [5.41, 5.74) is 1.64. The fraction of sp³-hybridized carbons (Fsp3) is 0.105. The summed E-state index contributed by atoms with van der Waals surface area (Å²) in [6.45, 7) is 0.535. The van der Waals surface area contributed by atoms with Crippen LogP contribution in [0.25, 0.3) is 5.69 Å². The van der Waals surface area contributed by atoms with Crippen LogP contribution in [-0.4, -0.2) is 39.6 Å². The third kappa shape index (κ3) is 4.07. The molecular formula is C19H18N4O3. The van der Waals surface area contributed by atoms with Crippen molar-refractivity contribution in [3.8, 4) is 11.4 Å². The lowest BCUT2D eigenvalue weighted by Crippen LogP contribution is -2.34. The van der Waals surface area contributed by atoms with E-state index in [0.29, 0.717) is 5.56 Å².